The van der Waals surface area contributed by atoms with Gasteiger partial charge in [-0.1, -0.05) is 0 Å². The predicted molar refractivity (Wildman–Crippen MR) is 63.5 cm³/mol. The van der Waals surface area contributed by atoms with Crippen molar-refractivity contribution < 1.29 is 8.78 Å². The molecule has 0 unspecified atom stereocenters. The molecule has 0 saturated carbocycles. The Labute approximate surface area is 99.6 Å². The van der Waals surface area contributed by atoms with Gasteiger partial charge in [-0.25, -0.2) is 13.8 Å². The van der Waals surface area contributed by atoms with Crippen molar-refractivity contribution in [2.24, 2.45) is 0 Å². The molecule has 0 aliphatic heterocycles. The Bertz CT molecular complexity index is 555. The molecule has 16 heavy (non-hydrogen) atoms. The molecule has 2 aromatic rings. The maximum Gasteiger partial charge on any atom is 0.280 e. The third-order valence-electron chi connectivity index (χ3n) is 2.29. The molecule has 84 valence electrons. The van der Waals surface area contributed by atoms with Gasteiger partial charge in [0.15, 0.2) is 0 Å². The van der Waals surface area contributed by atoms with E-state index in [2.05, 4.69) is 20.9 Å². The minimum Gasteiger partial charge on any atom is -0.398 e. The number of benzene rings is 1. The van der Waals surface area contributed by atoms with Crippen molar-refractivity contribution in [3.8, 4) is 0 Å². The lowest BCUT2D eigenvalue weighted by molar-refractivity contribution is 0.146. The fourth-order valence-corrected chi connectivity index (χ4v) is 2.24. The molecule has 0 spiro atoms. The van der Waals surface area contributed by atoms with Gasteiger partial charge in [0.25, 0.3) is 6.43 Å². The lowest BCUT2D eigenvalue weighted by Crippen LogP contribution is -1.97. The van der Waals surface area contributed by atoms with Crippen LogP contribution in [0.5, 0.6) is 0 Å². The first-order valence-electron chi connectivity index (χ1n) is 4.63. The maximum absolute atomic E-state index is 12.6. The zero-order chi connectivity index (χ0) is 11.9. The van der Waals surface area contributed by atoms with Gasteiger partial charge in [-0.3, -0.25) is 0 Å². The maximum atomic E-state index is 12.6. The standard InChI is InChI=1S/C11H9BrF2N2/c1-5-2-6-8(15)4-9(11(13)14)16-10(6)7(12)3-5/h2-4,11H,1H3,(H2,15,16). The van der Waals surface area contributed by atoms with E-state index in [9.17, 15) is 8.78 Å². The molecule has 2 N–H and O–H groups in total. The van der Waals surface area contributed by atoms with Gasteiger partial charge < -0.3 is 5.73 Å². The van der Waals surface area contributed by atoms with Crippen LogP contribution in [-0.2, 0) is 0 Å². The van der Waals surface area contributed by atoms with Gasteiger partial charge in [-0.2, -0.15) is 0 Å². The normalized spacial score (nSPS) is 11.3. The van der Waals surface area contributed by atoms with E-state index in [1.165, 1.54) is 6.07 Å². The van der Waals surface area contributed by atoms with Crippen molar-refractivity contribution in [2.75, 3.05) is 5.73 Å². The molecule has 5 heteroatoms. The van der Waals surface area contributed by atoms with Crippen LogP contribution >= 0.6 is 15.9 Å². The van der Waals surface area contributed by atoms with Crippen molar-refractivity contribution in [1.82, 2.24) is 4.98 Å². The number of pyridine rings is 1. The molecule has 0 aliphatic carbocycles. The number of hydrogen-bond acceptors (Lipinski definition) is 2. The molecule has 1 aromatic carbocycles. The topological polar surface area (TPSA) is 38.9 Å². The van der Waals surface area contributed by atoms with E-state index in [1.807, 2.05) is 19.1 Å². The van der Waals surface area contributed by atoms with Crippen LogP contribution in [0.25, 0.3) is 10.9 Å². The summed E-state index contributed by atoms with van der Waals surface area (Å²) in [6.45, 7) is 1.91. The van der Waals surface area contributed by atoms with Crippen molar-refractivity contribution in [1.29, 1.82) is 0 Å². The number of aromatic nitrogens is 1. The lowest BCUT2D eigenvalue weighted by atomic mass is 10.1. The average molecular weight is 287 g/mol. The highest BCUT2D eigenvalue weighted by Gasteiger charge is 2.13. The molecule has 0 saturated heterocycles. The highest BCUT2D eigenvalue weighted by Crippen LogP contribution is 2.31. The Morgan fingerprint density at radius 3 is 2.62 bits per heavy atom. The first kappa shape index (κ1) is 11.3. The van der Waals surface area contributed by atoms with E-state index in [0.29, 0.717) is 21.1 Å². The van der Waals surface area contributed by atoms with Crippen LogP contribution in [0.1, 0.15) is 17.7 Å². The molecule has 0 bridgehead atoms. The highest BCUT2D eigenvalue weighted by atomic mass is 79.9. The van der Waals surface area contributed by atoms with Crippen LogP contribution in [0, 0.1) is 6.92 Å². The number of nitrogen functional groups attached to an aromatic ring is 1. The number of halogens is 3. The van der Waals surface area contributed by atoms with E-state index in [4.69, 9.17) is 5.73 Å². The average Bonchev–Trinajstić information content (AvgIpc) is 2.19. The van der Waals surface area contributed by atoms with Gasteiger partial charge in [0, 0.05) is 15.5 Å². The molecule has 2 rings (SSSR count). The molecule has 0 atom stereocenters. The summed E-state index contributed by atoms with van der Waals surface area (Å²) in [5.74, 6) is 0. The van der Waals surface area contributed by atoms with Crippen LogP contribution in [0.3, 0.4) is 0 Å². The molecule has 1 heterocycles. The Morgan fingerprint density at radius 2 is 2.00 bits per heavy atom. The molecular formula is C11H9BrF2N2. The molecule has 0 fully saturated rings. The summed E-state index contributed by atoms with van der Waals surface area (Å²) in [4.78, 5) is 3.90. The van der Waals surface area contributed by atoms with Crippen molar-refractivity contribution in [3.05, 3.63) is 33.9 Å². The summed E-state index contributed by atoms with van der Waals surface area (Å²) in [5.41, 5.74) is 7.24. The minimum atomic E-state index is -2.61. The van der Waals surface area contributed by atoms with Gasteiger partial charge in [0.05, 0.1) is 5.52 Å². The Hall–Kier alpha value is -1.23. The number of fused-ring (bicyclic) bond motifs is 1. The molecule has 1 aromatic heterocycles. The second-order valence-electron chi connectivity index (χ2n) is 3.58. The SMILES string of the molecule is Cc1cc(Br)c2nc(C(F)F)cc(N)c2c1. The first-order chi connectivity index (χ1) is 7.49. The molecule has 0 aliphatic rings. The van der Waals surface area contributed by atoms with E-state index in [1.54, 1.807) is 0 Å². The fraction of sp³-hybridized carbons (Fsp3) is 0.182. The lowest BCUT2D eigenvalue weighted by Gasteiger charge is -2.08. The first-order valence-corrected chi connectivity index (χ1v) is 5.43. The van der Waals surface area contributed by atoms with Crippen LogP contribution in [0.2, 0.25) is 0 Å². The smallest absolute Gasteiger partial charge is 0.280 e. The summed E-state index contributed by atoms with van der Waals surface area (Å²) in [6, 6.07) is 4.88. The number of nitrogens with zero attached hydrogens (tertiary/aromatic N) is 1. The number of hydrogen-bond donors (Lipinski definition) is 1. The van der Waals surface area contributed by atoms with E-state index >= 15 is 0 Å². The summed E-state index contributed by atoms with van der Waals surface area (Å²) in [6.07, 6.45) is -2.61. The van der Waals surface area contributed by atoms with Crippen LogP contribution in [0.15, 0.2) is 22.7 Å². The van der Waals surface area contributed by atoms with Gasteiger partial charge in [0.2, 0.25) is 0 Å². The third kappa shape index (κ3) is 1.87. The summed E-state index contributed by atoms with van der Waals surface area (Å²) in [7, 11) is 0. The number of anilines is 1. The Kier molecular flexibility index (Phi) is 2.80. The molecule has 0 amide bonds. The van der Waals surface area contributed by atoms with Crippen LogP contribution < -0.4 is 5.73 Å². The van der Waals surface area contributed by atoms with E-state index < -0.39 is 6.43 Å². The predicted octanol–water partition coefficient (Wildman–Crippen LogP) is 3.83. The van der Waals surface area contributed by atoms with E-state index in [-0.39, 0.29) is 5.69 Å². The summed E-state index contributed by atoms with van der Waals surface area (Å²) < 4.78 is 25.8. The van der Waals surface area contributed by atoms with Crippen molar-refractivity contribution in [3.63, 3.8) is 0 Å². The quantitative estimate of drug-likeness (QED) is 0.865. The monoisotopic (exact) mass is 286 g/mol. The third-order valence-corrected chi connectivity index (χ3v) is 2.89. The second kappa shape index (κ2) is 3.97. The second-order valence-corrected chi connectivity index (χ2v) is 4.43. The number of alkyl halides is 2. The molecule has 0 radical (unpaired) electrons. The van der Waals surface area contributed by atoms with Crippen LogP contribution in [-0.4, -0.2) is 4.98 Å². The number of nitrogens with two attached hydrogens (primary N) is 1. The molecule has 2 nitrogen and oxygen atoms in total. The minimum absolute atomic E-state index is 0.297. The van der Waals surface area contributed by atoms with E-state index in [0.717, 1.165) is 5.56 Å². The molecular weight excluding hydrogens is 278 g/mol. The van der Waals surface area contributed by atoms with Gasteiger partial charge >= 0.3 is 0 Å². The van der Waals surface area contributed by atoms with Crippen molar-refractivity contribution in [2.45, 2.75) is 13.3 Å². The number of aryl methyl sites for hydroxylation is 1. The summed E-state index contributed by atoms with van der Waals surface area (Å²) in [5, 5.41) is 0.691. The Morgan fingerprint density at radius 1 is 1.31 bits per heavy atom. The highest BCUT2D eigenvalue weighted by molar-refractivity contribution is 9.10. The fourth-order valence-electron chi connectivity index (χ4n) is 1.58. The zero-order valence-corrected chi connectivity index (χ0v) is 10.1. The van der Waals surface area contributed by atoms with Gasteiger partial charge in [-0.05, 0) is 46.6 Å². The largest absolute Gasteiger partial charge is 0.398 e. The van der Waals surface area contributed by atoms with Crippen LogP contribution in [0.4, 0.5) is 14.5 Å². The number of rotatable bonds is 1. The van der Waals surface area contributed by atoms with Gasteiger partial charge in [0.1, 0.15) is 5.69 Å². The van der Waals surface area contributed by atoms with Crippen molar-refractivity contribution >= 4 is 32.5 Å². The van der Waals surface area contributed by atoms with Gasteiger partial charge in [-0.15, -0.1) is 0 Å². The summed E-state index contributed by atoms with van der Waals surface area (Å²) >= 11 is 3.30. The zero-order valence-electron chi connectivity index (χ0n) is 8.47. The Balaban J connectivity index is 2.82.